The molecule has 2 nitrogen and oxygen atoms in total. The van der Waals surface area contributed by atoms with Crippen molar-refractivity contribution in [1.29, 1.82) is 0 Å². The van der Waals surface area contributed by atoms with Gasteiger partial charge >= 0.3 is 0 Å². The second-order valence-corrected chi connectivity index (χ2v) is 6.86. The molecule has 1 aromatic carbocycles. The summed E-state index contributed by atoms with van der Waals surface area (Å²) in [7, 11) is 0. The van der Waals surface area contributed by atoms with E-state index < -0.39 is 0 Å². The quantitative estimate of drug-likeness (QED) is 0.895. The van der Waals surface area contributed by atoms with Crippen LogP contribution in [-0.2, 0) is 6.54 Å². The van der Waals surface area contributed by atoms with Crippen LogP contribution >= 0.6 is 11.3 Å². The van der Waals surface area contributed by atoms with Crippen molar-refractivity contribution in [3.05, 3.63) is 58.3 Å². The standard InChI is InChI=1S/C18H24N2S/c1-2-7-16-12-19-18(15-8-4-3-5-9-15)14-20(16)13-17-10-6-11-21-17/h3-6,8-11,16,18-19H,2,7,12-14H2,1H3. The summed E-state index contributed by atoms with van der Waals surface area (Å²) in [5.41, 5.74) is 1.41. The molecule has 1 aromatic heterocycles. The van der Waals surface area contributed by atoms with Crippen molar-refractivity contribution in [1.82, 2.24) is 10.2 Å². The monoisotopic (exact) mass is 300 g/mol. The van der Waals surface area contributed by atoms with Crippen molar-refractivity contribution in [3.8, 4) is 0 Å². The number of piperazine rings is 1. The van der Waals surface area contributed by atoms with E-state index in [1.165, 1.54) is 23.3 Å². The van der Waals surface area contributed by atoms with Gasteiger partial charge in [0, 0.05) is 36.6 Å². The fraction of sp³-hybridized carbons (Fsp3) is 0.444. The van der Waals surface area contributed by atoms with Crippen molar-refractivity contribution in [2.75, 3.05) is 13.1 Å². The van der Waals surface area contributed by atoms with E-state index >= 15 is 0 Å². The molecule has 3 rings (SSSR count). The van der Waals surface area contributed by atoms with Gasteiger partial charge in [-0.25, -0.2) is 0 Å². The summed E-state index contributed by atoms with van der Waals surface area (Å²) in [6, 6.07) is 16.4. The van der Waals surface area contributed by atoms with Gasteiger partial charge in [-0.2, -0.15) is 0 Å². The van der Waals surface area contributed by atoms with E-state index in [9.17, 15) is 0 Å². The number of rotatable bonds is 5. The fourth-order valence-corrected chi connectivity index (χ4v) is 3.91. The Balaban J connectivity index is 1.72. The second kappa shape index (κ2) is 7.21. The molecule has 21 heavy (non-hydrogen) atoms. The van der Waals surface area contributed by atoms with Crippen LogP contribution in [0.5, 0.6) is 0 Å². The van der Waals surface area contributed by atoms with Crippen LogP contribution in [0.15, 0.2) is 47.8 Å². The molecule has 0 radical (unpaired) electrons. The summed E-state index contributed by atoms with van der Waals surface area (Å²) in [4.78, 5) is 4.15. The zero-order valence-electron chi connectivity index (χ0n) is 12.7. The van der Waals surface area contributed by atoms with Crippen LogP contribution in [0, 0.1) is 0 Å². The molecule has 3 heteroatoms. The van der Waals surface area contributed by atoms with Crippen LogP contribution in [0.1, 0.15) is 36.2 Å². The lowest BCUT2D eigenvalue weighted by Crippen LogP contribution is -2.52. The predicted octanol–water partition coefficient (Wildman–Crippen LogP) is 4.06. The van der Waals surface area contributed by atoms with Gasteiger partial charge in [-0.3, -0.25) is 4.90 Å². The molecule has 0 spiro atoms. The highest BCUT2D eigenvalue weighted by Crippen LogP contribution is 2.24. The third kappa shape index (κ3) is 3.73. The van der Waals surface area contributed by atoms with E-state index in [0.29, 0.717) is 12.1 Å². The summed E-state index contributed by atoms with van der Waals surface area (Å²) < 4.78 is 0. The predicted molar refractivity (Wildman–Crippen MR) is 90.6 cm³/mol. The molecule has 1 aliphatic rings. The highest BCUT2D eigenvalue weighted by molar-refractivity contribution is 7.09. The zero-order valence-corrected chi connectivity index (χ0v) is 13.5. The van der Waals surface area contributed by atoms with Gasteiger partial charge in [0.15, 0.2) is 0 Å². The van der Waals surface area contributed by atoms with Gasteiger partial charge in [-0.15, -0.1) is 11.3 Å². The smallest absolute Gasteiger partial charge is 0.0450 e. The average molecular weight is 300 g/mol. The number of thiophene rings is 1. The fourth-order valence-electron chi connectivity index (χ4n) is 3.18. The lowest BCUT2D eigenvalue weighted by Gasteiger charge is -2.40. The highest BCUT2D eigenvalue weighted by atomic mass is 32.1. The van der Waals surface area contributed by atoms with E-state index in [1.54, 1.807) is 0 Å². The van der Waals surface area contributed by atoms with Crippen molar-refractivity contribution in [3.63, 3.8) is 0 Å². The summed E-state index contributed by atoms with van der Waals surface area (Å²) >= 11 is 1.87. The molecule has 2 aromatic rings. The molecular weight excluding hydrogens is 276 g/mol. The molecule has 2 unspecified atom stereocenters. The summed E-state index contributed by atoms with van der Waals surface area (Å²) in [6.07, 6.45) is 2.53. The Labute approximate surface area is 131 Å². The maximum atomic E-state index is 3.74. The molecule has 1 aliphatic heterocycles. The SMILES string of the molecule is CCCC1CNC(c2ccccc2)CN1Cc1cccs1. The molecule has 0 amide bonds. The largest absolute Gasteiger partial charge is 0.307 e. The Hall–Kier alpha value is -1.16. The van der Waals surface area contributed by atoms with Crippen molar-refractivity contribution >= 4 is 11.3 Å². The lowest BCUT2D eigenvalue weighted by molar-refractivity contribution is 0.116. The average Bonchev–Trinajstić information content (AvgIpc) is 3.03. The normalized spacial score (nSPS) is 23.3. The Bertz CT molecular complexity index is 523. The number of nitrogens with one attached hydrogen (secondary N) is 1. The molecule has 1 saturated heterocycles. The van der Waals surface area contributed by atoms with Gasteiger partial charge < -0.3 is 5.32 Å². The third-order valence-electron chi connectivity index (χ3n) is 4.30. The zero-order chi connectivity index (χ0) is 14.5. The maximum absolute atomic E-state index is 3.74. The first-order valence-corrected chi connectivity index (χ1v) is 8.79. The molecule has 0 aliphatic carbocycles. The van der Waals surface area contributed by atoms with E-state index in [4.69, 9.17) is 0 Å². The highest BCUT2D eigenvalue weighted by Gasteiger charge is 2.28. The molecular formula is C18H24N2S. The molecule has 1 N–H and O–H groups in total. The molecule has 1 fully saturated rings. The molecule has 2 heterocycles. The Kier molecular flexibility index (Phi) is 5.07. The van der Waals surface area contributed by atoms with Crippen LogP contribution in [0.3, 0.4) is 0 Å². The van der Waals surface area contributed by atoms with Crippen molar-refractivity contribution in [2.24, 2.45) is 0 Å². The van der Waals surface area contributed by atoms with Crippen LogP contribution in [0.2, 0.25) is 0 Å². The summed E-state index contributed by atoms with van der Waals surface area (Å²) in [5, 5.41) is 5.92. The van der Waals surface area contributed by atoms with E-state index in [2.05, 4.69) is 65.0 Å². The molecule has 0 saturated carbocycles. The van der Waals surface area contributed by atoms with Gasteiger partial charge in [0.2, 0.25) is 0 Å². The van der Waals surface area contributed by atoms with Crippen LogP contribution in [0.4, 0.5) is 0 Å². The Morgan fingerprint density at radius 3 is 2.76 bits per heavy atom. The Morgan fingerprint density at radius 2 is 2.05 bits per heavy atom. The van der Waals surface area contributed by atoms with E-state index in [-0.39, 0.29) is 0 Å². The van der Waals surface area contributed by atoms with Crippen LogP contribution in [0.25, 0.3) is 0 Å². The Morgan fingerprint density at radius 1 is 1.19 bits per heavy atom. The van der Waals surface area contributed by atoms with Gasteiger partial charge in [0.05, 0.1) is 0 Å². The summed E-state index contributed by atoms with van der Waals surface area (Å²) in [6.45, 7) is 5.57. The number of nitrogens with zero attached hydrogens (tertiary/aromatic N) is 1. The first-order chi connectivity index (χ1) is 10.4. The third-order valence-corrected chi connectivity index (χ3v) is 5.16. The van der Waals surface area contributed by atoms with Gasteiger partial charge in [0.1, 0.15) is 0 Å². The van der Waals surface area contributed by atoms with Crippen molar-refractivity contribution < 1.29 is 0 Å². The van der Waals surface area contributed by atoms with Crippen molar-refractivity contribution in [2.45, 2.75) is 38.4 Å². The van der Waals surface area contributed by atoms with Crippen LogP contribution in [-0.4, -0.2) is 24.0 Å². The molecule has 0 bridgehead atoms. The van der Waals surface area contributed by atoms with Gasteiger partial charge in [-0.05, 0) is 23.4 Å². The second-order valence-electron chi connectivity index (χ2n) is 5.82. The molecule has 2 atom stereocenters. The molecule has 112 valence electrons. The topological polar surface area (TPSA) is 15.3 Å². The van der Waals surface area contributed by atoms with E-state index in [1.807, 2.05) is 11.3 Å². The first kappa shape index (κ1) is 14.8. The maximum Gasteiger partial charge on any atom is 0.0450 e. The number of hydrogen-bond acceptors (Lipinski definition) is 3. The van der Waals surface area contributed by atoms with Gasteiger partial charge in [-0.1, -0.05) is 49.7 Å². The lowest BCUT2D eigenvalue weighted by atomic mass is 9.99. The minimum absolute atomic E-state index is 0.458. The van der Waals surface area contributed by atoms with Gasteiger partial charge in [0.25, 0.3) is 0 Å². The first-order valence-electron chi connectivity index (χ1n) is 7.91. The minimum atomic E-state index is 0.458. The number of benzene rings is 1. The van der Waals surface area contributed by atoms with E-state index in [0.717, 1.165) is 19.6 Å². The number of hydrogen-bond donors (Lipinski definition) is 1. The summed E-state index contributed by atoms with van der Waals surface area (Å²) in [5.74, 6) is 0. The minimum Gasteiger partial charge on any atom is -0.307 e. The van der Waals surface area contributed by atoms with Crippen LogP contribution < -0.4 is 5.32 Å².